The van der Waals surface area contributed by atoms with Crippen LogP contribution in [0.5, 0.6) is 0 Å². The third kappa shape index (κ3) is 2.60. The lowest BCUT2D eigenvalue weighted by atomic mass is 10.00. The van der Waals surface area contributed by atoms with Crippen molar-refractivity contribution in [2.24, 2.45) is 11.8 Å². The molecule has 1 spiro atoms. The summed E-state index contributed by atoms with van der Waals surface area (Å²) in [6, 6.07) is 0. The second kappa shape index (κ2) is 4.49. The minimum Gasteiger partial charge on any atom is -0.147 e. The van der Waals surface area contributed by atoms with E-state index in [1.54, 1.807) is 37.5 Å². The first kappa shape index (κ1) is 11.8. The molecule has 2 saturated heterocycles. The van der Waals surface area contributed by atoms with E-state index in [2.05, 4.69) is 13.8 Å². The van der Waals surface area contributed by atoms with Crippen molar-refractivity contribution >= 4 is 19.7 Å². The molecule has 1 radical (unpaired) electrons. The molecule has 2 fully saturated rings. The average Bonchev–Trinajstić information content (AvgIpc) is 2.33. The van der Waals surface area contributed by atoms with Crippen molar-refractivity contribution < 1.29 is 0 Å². The fourth-order valence-electron chi connectivity index (χ4n) is 3.60. The second-order valence-corrected chi connectivity index (χ2v) is 9.62. The van der Waals surface area contributed by atoms with E-state index in [1.165, 1.54) is 6.42 Å². The Kier molecular flexibility index (Phi) is 4.08. The van der Waals surface area contributed by atoms with Gasteiger partial charge in [0, 0.05) is 0 Å². The highest BCUT2D eigenvalue weighted by atomic mass is 35.5. The van der Waals surface area contributed by atoms with Crippen LogP contribution in [-0.2, 0) is 0 Å². The smallest absolute Gasteiger partial charge is 0.0333 e. The van der Waals surface area contributed by atoms with Crippen LogP contribution in [0.4, 0.5) is 0 Å². The Morgan fingerprint density at radius 3 is 1.85 bits per heavy atom. The molecule has 2 heteroatoms. The Hall–Kier alpha value is 0.720. The van der Waals surface area contributed by atoms with E-state index in [0.29, 0.717) is 0 Å². The molecule has 0 amide bonds. The molecule has 2 atom stereocenters. The van der Waals surface area contributed by atoms with Crippen LogP contribution in [0, 0.1) is 11.8 Å². The van der Waals surface area contributed by atoms with E-state index >= 15 is 0 Å². The van der Waals surface area contributed by atoms with Crippen LogP contribution in [0.3, 0.4) is 0 Å². The second-order valence-electron chi connectivity index (χ2n) is 5.31. The molecule has 0 N–H and O–H groups in total. The molecule has 2 rings (SSSR count). The van der Waals surface area contributed by atoms with Gasteiger partial charge in [-0.3, -0.25) is 0 Å². The molecule has 2 aliphatic heterocycles. The van der Waals surface area contributed by atoms with Crippen LogP contribution in [0.1, 0.15) is 33.1 Å². The number of rotatable bonds is 0. The van der Waals surface area contributed by atoms with Gasteiger partial charge in [0.05, 0.1) is 0 Å². The maximum absolute atomic E-state index is 2.48. The van der Waals surface area contributed by atoms with Crippen LogP contribution in [0.2, 0.25) is 0 Å². The average molecular weight is 222 g/mol. The lowest BCUT2D eigenvalue weighted by molar-refractivity contribution is 0.454. The monoisotopic (exact) mass is 221 g/mol. The maximum atomic E-state index is 2.48. The summed E-state index contributed by atoms with van der Waals surface area (Å²) < 4.78 is 0. The van der Waals surface area contributed by atoms with Crippen molar-refractivity contribution in [1.82, 2.24) is 0 Å². The third-order valence-electron chi connectivity index (χ3n) is 3.72. The molecule has 2 heterocycles. The normalized spacial score (nSPS) is 37.4. The predicted molar refractivity (Wildman–Crippen MR) is 65.8 cm³/mol. The van der Waals surface area contributed by atoms with Gasteiger partial charge in [-0.05, 0) is 55.7 Å². The molecule has 0 aliphatic carbocycles. The molecule has 0 bridgehead atoms. The van der Waals surface area contributed by atoms with E-state index in [1.807, 2.05) is 0 Å². The van der Waals surface area contributed by atoms with Crippen molar-refractivity contribution in [1.29, 1.82) is 0 Å². The Labute approximate surface area is 89.6 Å². The Morgan fingerprint density at radius 2 is 1.38 bits per heavy atom. The fraction of sp³-hybridized carbons (Fsp3) is 1.00. The number of hydrogen-bond donors (Lipinski definition) is 0. The Bertz CT molecular complexity index is 151. The first-order valence-electron chi connectivity index (χ1n) is 5.55. The van der Waals surface area contributed by atoms with Gasteiger partial charge in [0.15, 0.2) is 0 Å². The third-order valence-corrected chi connectivity index (χ3v) is 9.04. The van der Waals surface area contributed by atoms with Crippen LogP contribution in [0.15, 0.2) is 0 Å². The summed E-state index contributed by atoms with van der Waals surface area (Å²) in [5.74, 6) is 2.11. The molecule has 0 nitrogen and oxygen atoms in total. The molecule has 0 aromatic carbocycles. The molecular weight excluding hydrogens is 199 g/mol. The van der Waals surface area contributed by atoms with E-state index in [9.17, 15) is 0 Å². The van der Waals surface area contributed by atoms with Crippen LogP contribution >= 0.6 is 19.7 Å². The fourth-order valence-corrected chi connectivity index (χ4v) is 9.44. The number of halogens is 1. The van der Waals surface area contributed by atoms with Crippen LogP contribution < -0.4 is 0 Å². The minimum absolute atomic E-state index is 0. The summed E-state index contributed by atoms with van der Waals surface area (Å²) in [6.07, 6.45) is 11.3. The highest BCUT2D eigenvalue weighted by molar-refractivity contribution is 7.76. The Morgan fingerprint density at radius 1 is 0.923 bits per heavy atom. The number of hydrogen-bond acceptors (Lipinski definition) is 0. The van der Waals surface area contributed by atoms with Gasteiger partial charge >= 0.3 is 0 Å². The zero-order valence-corrected chi connectivity index (χ0v) is 10.7. The maximum Gasteiger partial charge on any atom is -0.0333 e. The summed E-state index contributed by atoms with van der Waals surface area (Å²) in [4.78, 5) is 0. The minimum atomic E-state index is -0.353. The van der Waals surface area contributed by atoms with Crippen molar-refractivity contribution in [3.63, 3.8) is 0 Å². The lowest BCUT2D eigenvalue weighted by Crippen LogP contribution is -2.24. The summed E-state index contributed by atoms with van der Waals surface area (Å²) >= 11 is 0. The molecule has 2 aliphatic rings. The van der Waals surface area contributed by atoms with Crippen molar-refractivity contribution in [3.8, 4) is 0 Å². The summed E-state index contributed by atoms with van der Waals surface area (Å²) in [5, 5.41) is 0. The molecule has 0 aromatic rings. The molecule has 13 heavy (non-hydrogen) atoms. The van der Waals surface area contributed by atoms with Gasteiger partial charge in [-0.15, -0.1) is 19.7 Å². The van der Waals surface area contributed by atoms with Crippen molar-refractivity contribution in [3.05, 3.63) is 0 Å². The van der Waals surface area contributed by atoms with E-state index < -0.39 is 0 Å². The van der Waals surface area contributed by atoms with Gasteiger partial charge in [0.1, 0.15) is 0 Å². The first-order chi connectivity index (χ1) is 5.70. The van der Waals surface area contributed by atoms with E-state index in [4.69, 9.17) is 0 Å². The van der Waals surface area contributed by atoms with Gasteiger partial charge < -0.3 is 0 Å². The summed E-state index contributed by atoms with van der Waals surface area (Å²) in [5.41, 5.74) is 0. The highest BCUT2D eigenvalue weighted by Gasteiger charge is 2.37. The molecule has 0 saturated carbocycles. The van der Waals surface area contributed by atoms with Gasteiger partial charge in [-0.1, -0.05) is 13.8 Å². The SMILES string of the molecule is CC1CC(C)C[P]2(CCCC2)C1.Cl. The Balaban J connectivity index is 0.000000845. The largest absolute Gasteiger partial charge is 0.147 e. The highest BCUT2D eigenvalue weighted by Crippen LogP contribution is 2.68. The zero-order valence-electron chi connectivity index (χ0n) is 8.96. The molecular formula is C11H23ClP. The predicted octanol–water partition coefficient (Wildman–Crippen LogP) is 3.90. The van der Waals surface area contributed by atoms with Crippen LogP contribution in [-0.4, -0.2) is 24.6 Å². The van der Waals surface area contributed by atoms with Crippen molar-refractivity contribution in [2.75, 3.05) is 24.6 Å². The first-order valence-corrected chi connectivity index (χ1v) is 8.08. The zero-order chi connectivity index (χ0) is 8.60. The topological polar surface area (TPSA) is 0 Å². The molecule has 2 unspecified atom stereocenters. The summed E-state index contributed by atoms with van der Waals surface area (Å²) in [6.45, 7) is 4.96. The standard InChI is InChI=1S/C11H22P.ClH/c1-10-7-11(2)9-12(8-10)5-3-4-6-12;/h10-11H,3-9H2,1-2H3;1H. The summed E-state index contributed by atoms with van der Waals surface area (Å²) in [7, 11) is -0.353. The molecule has 79 valence electrons. The van der Waals surface area contributed by atoms with Gasteiger partial charge in [-0.2, -0.15) is 0 Å². The van der Waals surface area contributed by atoms with Crippen molar-refractivity contribution in [2.45, 2.75) is 33.1 Å². The quantitative estimate of drug-likeness (QED) is 0.545. The van der Waals surface area contributed by atoms with Gasteiger partial charge in [0.2, 0.25) is 0 Å². The van der Waals surface area contributed by atoms with Crippen LogP contribution in [0.25, 0.3) is 0 Å². The van der Waals surface area contributed by atoms with E-state index in [-0.39, 0.29) is 19.7 Å². The molecule has 0 aromatic heterocycles. The van der Waals surface area contributed by atoms with Gasteiger partial charge in [-0.25, -0.2) is 0 Å². The van der Waals surface area contributed by atoms with E-state index in [0.717, 1.165) is 11.8 Å². The van der Waals surface area contributed by atoms with Gasteiger partial charge in [0.25, 0.3) is 0 Å². The lowest BCUT2D eigenvalue weighted by Gasteiger charge is -2.42.